The predicted molar refractivity (Wildman–Crippen MR) is 78.8 cm³/mol. The Labute approximate surface area is 121 Å². The van der Waals surface area contributed by atoms with Crippen molar-refractivity contribution in [2.45, 2.75) is 24.5 Å². The second-order valence-electron chi connectivity index (χ2n) is 4.67. The van der Waals surface area contributed by atoms with Gasteiger partial charge in [0.1, 0.15) is 5.82 Å². The summed E-state index contributed by atoms with van der Waals surface area (Å²) in [7, 11) is 0. The second kappa shape index (κ2) is 6.09. The van der Waals surface area contributed by atoms with Crippen LogP contribution in [0.25, 0.3) is 0 Å². The minimum absolute atomic E-state index is 0.0250. The summed E-state index contributed by atoms with van der Waals surface area (Å²) in [6.07, 6.45) is 0. The van der Waals surface area contributed by atoms with Gasteiger partial charge in [-0.15, -0.1) is 11.8 Å². The summed E-state index contributed by atoms with van der Waals surface area (Å²) in [5.41, 5.74) is 2.81. The van der Waals surface area contributed by atoms with E-state index >= 15 is 0 Å². The third-order valence-electron chi connectivity index (χ3n) is 3.03. The lowest BCUT2D eigenvalue weighted by atomic mass is 10.1. The SMILES string of the molecule is Cc1ccc(C)c(SCc2ccc(C(=O)O)cc2F)c1. The quantitative estimate of drug-likeness (QED) is 0.846. The molecule has 1 N–H and O–H groups in total. The maximum atomic E-state index is 13.8. The minimum atomic E-state index is -1.11. The summed E-state index contributed by atoms with van der Waals surface area (Å²) in [4.78, 5) is 11.9. The van der Waals surface area contributed by atoms with Crippen molar-refractivity contribution < 1.29 is 14.3 Å². The maximum absolute atomic E-state index is 13.8. The highest BCUT2D eigenvalue weighted by atomic mass is 32.2. The van der Waals surface area contributed by atoms with Gasteiger partial charge < -0.3 is 5.11 Å². The summed E-state index contributed by atoms with van der Waals surface area (Å²) in [6, 6.07) is 10.2. The fraction of sp³-hybridized carbons (Fsp3) is 0.188. The molecular weight excluding hydrogens is 275 g/mol. The molecule has 0 fully saturated rings. The van der Waals surface area contributed by atoms with Crippen LogP contribution in [-0.2, 0) is 5.75 Å². The van der Waals surface area contributed by atoms with E-state index in [-0.39, 0.29) is 5.56 Å². The third-order valence-corrected chi connectivity index (χ3v) is 4.23. The molecular formula is C16H15FO2S. The minimum Gasteiger partial charge on any atom is -0.478 e. The van der Waals surface area contributed by atoms with Crippen LogP contribution in [0.4, 0.5) is 4.39 Å². The Hall–Kier alpha value is -1.81. The molecule has 0 atom stereocenters. The van der Waals surface area contributed by atoms with Crippen LogP contribution in [0.3, 0.4) is 0 Å². The fourth-order valence-electron chi connectivity index (χ4n) is 1.82. The zero-order chi connectivity index (χ0) is 14.7. The lowest BCUT2D eigenvalue weighted by Crippen LogP contribution is -1.98. The van der Waals surface area contributed by atoms with E-state index in [1.165, 1.54) is 17.7 Å². The number of carboxylic acids is 1. The number of rotatable bonds is 4. The molecule has 0 aliphatic rings. The van der Waals surface area contributed by atoms with Crippen molar-refractivity contribution in [2.75, 3.05) is 0 Å². The molecule has 0 saturated carbocycles. The summed E-state index contributed by atoms with van der Waals surface area (Å²) in [6.45, 7) is 4.04. The van der Waals surface area contributed by atoms with E-state index < -0.39 is 11.8 Å². The van der Waals surface area contributed by atoms with E-state index in [9.17, 15) is 9.18 Å². The molecule has 0 radical (unpaired) electrons. The van der Waals surface area contributed by atoms with Crippen LogP contribution in [0.5, 0.6) is 0 Å². The highest BCUT2D eigenvalue weighted by molar-refractivity contribution is 7.98. The van der Waals surface area contributed by atoms with Gasteiger partial charge in [-0.1, -0.05) is 23.8 Å². The standard InChI is InChI=1S/C16H15FO2S/c1-10-3-4-11(2)15(7-10)20-9-13-6-5-12(16(18)19)8-14(13)17/h3-8H,9H2,1-2H3,(H,18,19). The molecule has 104 valence electrons. The van der Waals surface area contributed by atoms with E-state index in [2.05, 4.69) is 6.07 Å². The first kappa shape index (κ1) is 14.6. The Morgan fingerprint density at radius 1 is 1.20 bits per heavy atom. The largest absolute Gasteiger partial charge is 0.478 e. The fourth-order valence-corrected chi connectivity index (χ4v) is 2.93. The van der Waals surface area contributed by atoms with E-state index in [1.807, 2.05) is 26.0 Å². The number of aryl methyl sites for hydroxylation is 2. The van der Waals surface area contributed by atoms with E-state index in [1.54, 1.807) is 11.8 Å². The van der Waals surface area contributed by atoms with Crippen LogP contribution in [0.15, 0.2) is 41.3 Å². The van der Waals surface area contributed by atoms with Gasteiger partial charge in [0.2, 0.25) is 0 Å². The van der Waals surface area contributed by atoms with Crippen molar-refractivity contribution in [1.29, 1.82) is 0 Å². The second-order valence-corrected chi connectivity index (χ2v) is 5.69. The van der Waals surface area contributed by atoms with Crippen LogP contribution < -0.4 is 0 Å². The van der Waals surface area contributed by atoms with Gasteiger partial charge in [-0.25, -0.2) is 9.18 Å². The van der Waals surface area contributed by atoms with Crippen molar-refractivity contribution in [3.05, 3.63) is 64.5 Å². The normalized spacial score (nSPS) is 10.6. The monoisotopic (exact) mass is 290 g/mol. The van der Waals surface area contributed by atoms with Gasteiger partial charge >= 0.3 is 5.97 Å². The number of benzene rings is 2. The molecule has 2 nitrogen and oxygen atoms in total. The molecule has 0 aliphatic heterocycles. The van der Waals surface area contributed by atoms with Crippen molar-refractivity contribution in [3.8, 4) is 0 Å². The van der Waals surface area contributed by atoms with Crippen molar-refractivity contribution in [3.63, 3.8) is 0 Å². The number of aromatic carboxylic acids is 1. The van der Waals surface area contributed by atoms with Gasteiger partial charge in [-0.3, -0.25) is 0 Å². The first-order valence-corrected chi connectivity index (χ1v) is 7.17. The first-order chi connectivity index (χ1) is 9.47. The predicted octanol–water partition coefficient (Wildman–Crippen LogP) is 4.43. The molecule has 0 aromatic heterocycles. The van der Waals surface area contributed by atoms with Crippen LogP contribution in [0.1, 0.15) is 27.0 Å². The molecule has 2 rings (SSSR count). The molecule has 0 spiro atoms. The molecule has 0 saturated heterocycles. The van der Waals surface area contributed by atoms with Crippen LogP contribution >= 0.6 is 11.8 Å². The number of thioether (sulfide) groups is 1. The number of carbonyl (C=O) groups is 1. The summed E-state index contributed by atoms with van der Waals surface area (Å²) < 4.78 is 13.8. The number of carboxylic acid groups (broad SMARTS) is 1. The lowest BCUT2D eigenvalue weighted by molar-refractivity contribution is 0.0696. The zero-order valence-corrected chi connectivity index (χ0v) is 12.1. The van der Waals surface area contributed by atoms with Crippen molar-refractivity contribution in [2.24, 2.45) is 0 Å². The van der Waals surface area contributed by atoms with Crippen LogP contribution in [0.2, 0.25) is 0 Å². The zero-order valence-electron chi connectivity index (χ0n) is 11.3. The Kier molecular flexibility index (Phi) is 4.45. The van der Waals surface area contributed by atoms with Gasteiger partial charge in [0.15, 0.2) is 0 Å². The summed E-state index contributed by atoms with van der Waals surface area (Å²) >= 11 is 1.56. The van der Waals surface area contributed by atoms with Gasteiger partial charge in [0.25, 0.3) is 0 Å². The average Bonchev–Trinajstić information content (AvgIpc) is 2.40. The average molecular weight is 290 g/mol. The molecule has 0 unspecified atom stereocenters. The van der Waals surface area contributed by atoms with Gasteiger partial charge in [0, 0.05) is 10.6 Å². The molecule has 0 amide bonds. The number of hydrogen-bond donors (Lipinski definition) is 1. The Morgan fingerprint density at radius 3 is 2.60 bits per heavy atom. The highest BCUT2D eigenvalue weighted by Gasteiger charge is 2.09. The lowest BCUT2D eigenvalue weighted by Gasteiger charge is -2.08. The highest BCUT2D eigenvalue weighted by Crippen LogP contribution is 2.28. The molecule has 0 heterocycles. The molecule has 0 aliphatic carbocycles. The maximum Gasteiger partial charge on any atom is 0.335 e. The topological polar surface area (TPSA) is 37.3 Å². The first-order valence-electron chi connectivity index (χ1n) is 6.19. The van der Waals surface area contributed by atoms with Crippen LogP contribution in [-0.4, -0.2) is 11.1 Å². The Morgan fingerprint density at radius 2 is 1.95 bits per heavy atom. The molecule has 2 aromatic rings. The molecule has 20 heavy (non-hydrogen) atoms. The Bertz CT molecular complexity index is 653. The van der Waals surface area contributed by atoms with Crippen LogP contribution in [0, 0.1) is 19.7 Å². The smallest absolute Gasteiger partial charge is 0.335 e. The number of hydrogen-bond acceptors (Lipinski definition) is 2. The van der Waals surface area contributed by atoms with E-state index in [0.717, 1.165) is 16.5 Å². The molecule has 0 bridgehead atoms. The van der Waals surface area contributed by atoms with Crippen molar-refractivity contribution >= 4 is 17.7 Å². The van der Waals surface area contributed by atoms with E-state index in [4.69, 9.17) is 5.11 Å². The Balaban J connectivity index is 2.15. The van der Waals surface area contributed by atoms with Gasteiger partial charge in [-0.2, -0.15) is 0 Å². The van der Waals surface area contributed by atoms with Gasteiger partial charge in [-0.05, 0) is 43.2 Å². The molecule has 2 aromatic carbocycles. The van der Waals surface area contributed by atoms with E-state index in [0.29, 0.717) is 11.3 Å². The van der Waals surface area contributed by atoms with Crippen molar-refractivity contribution in [1.82, 2.24) is 0 Å². The number of halogens is 1. The third kappa shape index (κ3) is 3.39. The summed E-state index contributed by atoms with van der Waals surface area (Å²) in [5, 5.41) is 8.80. The van der Waals surface area contributed by atoms with Gasteiger partial charge in [0.05, 0.1) is 5.56 Å². The summed E-state index contributed by atoms with van der Waals surface area (Å²) in [5.74, 6) is -1.10. The molecule has 4 heteroatoms.